The van der Waals surface area contributed by atoms with Gasteiger partial charge in [-0.1, -0.05) is 12.8 Å². The van der Waals surface area contributed by atoms with Gasteiger partial charge in [-0.2, -0.15) is 11.8 Å². The SMILES string of the molecule is CN=C(NCC1(N2CCSCC2)CCCC1)NC(C)CCS(C)(=O)=O.I. The third-order valence-corrected chi connectivity index (χ3v) is 7.25. The van der Waals surface area contributed by atoms with Crippen molar-refractivity contribution in [2.24, 2.45) is 4.99 Å². The van der Waals surface area contributed by atoms with Gasteiger partial charge >= 0.3 is 0 Å². The zero-order valence-electron chi connectivity index (χ0n) is 16.3. The van der Waals surface area contributed by atoms with Crippen molar-refractivity contribution in [3.63, 3.8) is 0 Å². The predicted molar refractivity (Wildman–Crippen MR) is 124 cm³/mol. The molecule has 1 aliphatic carbocycles. The Labute approximate surface area is 180 Å². The quantitative estimate of drug-likeness (QED) is 0.305. The van der Waals surface area contributed by atoms with E-state index in [-0.39, 0.29) is 41.3 Å². The second-order valence-electron chi connectivity index (χ2n) is 7.42. The highest BCUT2D eigenvalue weighted by atomic mass is 127. The highest BCUT2D eigenvalue weighted by Crippen LogP contribution is 2.36. The fourth-order valence-corrected chi connectivity index (χ4v) is 5.50. The van der Waals surface area contributed by atoms with E-state index in [4.69, 9.17) is 0 Å². The van der Waals surface area contributed by atoms with Gasteiger partial charge in [-0.05, 0) is 26.2 Å². The van der Waals surface area contributed by atoms with Crippen molar-refractivity contribution in [1.29, 1.82) is 0 Å². The summed E-state index contributed by atoms with van der Waals surface area (Å²) in [6.45, 7) is 5.29. The van der Waals surface area contributed by atoms with Crippen LogP contribution in [0.15, 0.2) is 4.99 Å². The number of halogens is 1. The first kappa shape index (κ1) is 24.3. The smallest absolute Gasteiger partial charge is 0.191 e. The van der Waals surface area contributed by atoms with Crippen LogP contribution in [0.3, 0.4) is 0 Å². The summed E-state index contributed by atoms with van der Waals surface area (Å²) >= 11 is 2.05. The standard InChI is InChI=1S/C17H34N4O2S2.HI/c1-15(6-13-25(3,22)23)20-16(18-2)19-14-17(7-4-5-8-17)21-9-11-24-12-10-21;/h15H,4-14H2,1-3H3,(H2,18,19,20);1H. The maximum atomic E-state index is 11.3. The van der Waals surface area contributed by atoms with Crippen molar-refractivity contribution in [3.05, 3.63) is 0 Å². The van der Waals surface area contributed by atoms with Crippen LogP contribution in [0.25, 0.3) is 0 Å². The van der Waals surface area contributed by atoms with E-state index in [9.17, 15) is 8.42 Å². The summed E-state index contributed by atoms with van der Waals surface area (Å²) < 4.78 is 22.7. The monoisotopic (exact) mass is 518 g/mol. The largest absolute Gasteiger partial charge is 0.355 e. The number of nitrogens with zero attached hydrogens (tertiary/aromatic N) is 2. The van der Waals surface area contributed by atoms with Crippen LogP contribution < -0.4 is 10.6 Å². The molecule has 1 saturated carbocycles. The van der Waals surface area contributed by atoms with Crippen LogP contribution in [0, 0.1) is 0 Å². The zero-order valence-corrected chi connectivity index (χ0v) is 20.3. The van der Waals surface area contributed by atoms with E-state index >= 15 is 0 Å². The van der Waals surface area contributed by atoms with Gasteiger partial charge in [0.15, 0.2) is 5.96 Å². The second-order valence-corrected chi connectivity index (χ2v) is 10.9. The first-order valence-electron chi connectivity index (χ1n) is 9.32. The predicted octanol–water partition coefficient (Wildman–Crippen LogP) is 1.95. The zero-order chi connectivity index (χ0) is 18.3. The highest BCUT2D eigenvalue weighted by Gasteiger charge is 2.40. The van der Waals surface area contributed by atoms with Gasteiger partial charge in [0, 0.05) is 56.0 Å². The van der Waals surface area contributed by atoms with Crippen molar-refractivity contribution >= 4 is 51.5 Å². The summed E-state index contributed by atoms with van der Waals surface area (Å²) in [6, 6.07) is 0.0758. The van der Waals surface area contributed by atoms with Gasteiger partial charge in [0.25, 0.3) is 0 Å². The van der Waals surface area contributed by atoms with Gasteiger partial charge in [-0.15, -0.1) is 24.0 Å². The number of aliphatic imine (C=N–C) groups is 1. The minimum atomic E-state index is -2.92. The topological polar surface area (TPSA) is 73.8 Å². The Morgan fingerprint density at radius 2 is 1.88 bits per heavy atom. The third-order valence-electron chi connectivity index (χ3n) is 5.33. The Bertz CT molecular complexity index is 545. The van der Waals surface area contributed by atoms with Crippen LogP contribution in [0.5, 0.6) is 0 Å². The van der Waals surface area contributed by atoms with E-state index in [1.165, 1.54) is 56.5 Å². The van der Waals surface area contributed by atoms with Gasteiger partial charge in [-0.25, -0.2) is 8.42 Å². The number of thioether (sulfide) groups is 1. The summed E-state index contributed by atoms with van der Waals surface area (Å²) in [4.78, 5) is 7.02. The minimum Gasteiger partial charge on any atom is -0.355 e. The van der Waals surface area contributed by atoms with Gasteiger partial charge in [0.05, 0.1) is 5.75 Å². The van der Waals surface area contributed by atoms with Gasteiger partial charge in [0.2, 0.25) is 0 Å². The first-order chi connectivity index (χ1) is 11.8. The molecule has 1 atom stereocenters. The fourth-order valence-electron chi connectivity index (χ4n) is 3.81. The molecule has 0 amide bonds. The van der Waals surface area contributed by atoms with Crippen LogP contribution >= 0.6 is 35.7 Å². The lowest BCUT2D eigenvalue weighted by molar-refractivity contribution is 0.107. The molecule has 9 heteroatoms. The van der Waals surface area contributed by atoms with Gasteiger partial charge < -0.3 is 10.6 Å². The van der Waals surface area contributed by atoms with Crippen molar-refractivity contribution in [3.8, 4) is 0 Å². The van der Waals surface area contributed by atoms with Crippen LogP contribution in [0.4, 0.5) is 0 Å². The van der Waals surface area contributed by atoms with E-state index in [0.717, 1.165) is 12.5 Å². The summed E-state index contributed by atoms with van der Waals surface area (Å²) in [5, 5.41) is 6.85. The molecule has 1 heterocycles. The van der Waals surface area contributed by atoms with E-state index in [1.807, 2.05) is 6.92 Å². The van der Waals surface area contributed by atoms with Crippen LogP contribution in [0.1, 0.15) is 39.0 Å². The molecular weight excluding hydrogens is 483 g/mol. The molecular formula is C17H35IN4O2S2. The lowest BCUT2D eigenvalue weighted by Gasteiger charge is -2.43. The Morgan fingerprint density at radius 1 is 1.27 bits per heavy atom. The summed E-state index contributed by atoms with van der Waals surface area (Å²) in [5.41, 5.74) is 0.259. The van der Waals surface area contributed by atoms with E-state index in [2.05, 4.69) is 32.3 Å². The van der Waals surface area contributed by atoms with Crippen LogP contribution in [0.2, 0.25) is 0 Å². The summed E-state index contributed by atoms with van der Waals surface area (Å²) in [5.74, 6) is 3.45. The van der Waals surface area contributed by atoms with Crippen LogP contribution in [-0.4, -0.2) is 81.1 Å². The molecule has 26 heavy (non-hydrogen) atoms. The number of sulfone groups is 1. The second kappa shape index (κ2) is 11.3. The van der Waals surface area contributed by atoms with E-state index < -0.39 is 9.84 Å². The van der Waals surface area contributed by atoms with E-state index in [1.54, 1.807) is 7.05 Å². The molecule has 2 N–H and O–H groups in total. The Balaban J connectivity index is 0.00000338. The number of rotatable bonds is 7. The third kappa shape index (κ3) is 7.71. The van der Waals surface area contributed by atoms with Crippen molar-refractivity contribution in [1.82, 2.24) is 15.5 Å². The molecule has 2 fully saturated rings. The molecule has 0 aromatic heterocycles. The lowest BCUT2D eigenvalue weighted by Crippen LogP contribution is -2.58. The van der Waals surface area contributed by atoms with Crippen molar-refractivity contribution < 1.29 is 8.42 Å². The highest BCUT2D eigenvalue weighted by molar-refractivity contribution is 14.0. The Hall–Kier alpha value is 0.260. The van der Waals surface area contributed by atoms with Gasteiger partial charge in [-0.3, -0.25) is 9.89 Å². The molecule has 6 nitrogen and oxygen atoms in total. The molecule has 0 aromatic rings. The molecule has 1 aliphatic heterocycles. The molecule has 2 rings (SSSR count). The fraction of sp³-hybridized carbons (Fsp3) is 0.941. The Kier molecular flexibility index (Phi) is 10.6. The first-order valence-corrected chi connectivity index (χ1v) is 12.5. The summed E-state index contributed by atoms with van der Waals surface area (Å²) in [7, 11) is -1.15. The number of nitrogens with one attached hydrogen (secondary N) is 2. The maximum absolute atomic E-state index is 11.3. The van der Waals surface area contributed by atoms with E-state index in [0.29, 0.717) is 6.42 Å². The molecule has 1 saturated heterocycles. The van der Waals surface area contributed by atoms with Crippen molar-refractivity contribution in [2.45, 2.75) is 50.6 Å². The normalized spacial score (nSPS) is 22.5. The molecule has 0 bridgehead atoms. The molecule has 0 aromatic carbocycles. The Morgan fingerprint density at radius 3 is 2.42 bits per heavy atom. The maximum Gasteiger partial charge on any atom is 0.191 e. The molecule has 2 aliphatic rings. The van der Waals surface area contributed by atoms with Gasteiger partial charge in [0.1, 0.15) is 9.84 Å². The summed E-state index contributed by atoms with van der Waals surface area (Å²) in [6.07, 6.45) is 7.00. The van der Waals surface area contributed by atoms with Crippen molar-refractivity contribution in [2.75, 3.05) is 50.2 Å². The van der Waals surface area contributed by atoms with Crippen LogP contribution in [-0.2, 0) is 9.84 Å². The molecule has 1 unspecified atom stereocenters. The molecule has 154 valence electrons. The number of hydrogen-bond donors (Lipinski definition) is 2. The molecule has 0 radical (unpaired) electrons. The molecule has 0 spiro atoms. The average molecular weight is 519 g/mol. The average Bonchev–Trinajstić information content (AvgIpc) is 3.07. The lowest BCUT2D eigenvalue weighted by atomic mass is 9.94. The number of guanidine groups is 1. The minimum absolute atomic E-state index is 0. The number of hydrogen-bond acceptors (Lipinski definition) is 5.